The van der Waals surface area contributed by atoms with Crippen LogP contribution in [0.2, 0.25) is 0 Å². The van der Waals surface area contributed by atoms with Crippen LogP contribution in [-0.4, -0.2) is 36.9 Å². The first-order chi connectivity index (χ1) is 13.6. The number of hydrogen-bond donors (Lipinski definition) is 2. The Morgan fingerprint density at radius 3 is 1.48 bits per heavy atom. The Balaban J connectivity index is 0.00000300. The van der Waals surface area contributed by atoms with Gasteiger partial charge in [0.15, 0.2) is 0 Å². The van der Waals surface area contributed by atoms with Crippen molar-refractivity contribution >= 4 is 23.8 Å². The van der Waals surface area contributed by atoms with E-state index < -0.39 is 0 Å². The molecule has 0 saturated heterocycles. The summed E-state index contributed by atoms with van der Waals surface area (Å²) >= 11 is 0. The summed E-state index contributed by atoms with van der Waals surface area (Å²) in [5.41, 5.74) is 2.29. The summed E-state index contributed by atoms with van der Waals surface area (Å²) in [5.74, 6) is 1.46. The Hall–Kier alpha value is -3.11. The molecule has 0 fully saturated rings. The van der Waals surface area contributed by atoms with Gasteiger partial charge >= 0.3 is 0 Å². The smallest absolute Gasteiger partial charge is 0.124 e. The van der Waals surface area contributed by atoms with Gasteiger partial charge in [0, 0.05) is 44.6 Å². The number of hydrogen-bond acceptors (Lipinski definition) is 6. The van der Waals surface area contributed by atoms with Crippen molar-refractivity contribution in [3.8, 4) is 23.0 Å². The second-order valence-corrected chi connectivity index (χ2v) is 5.85. The van der Waals surface area contributed by atoms with E-state index in [1.165, 1.54) is 0 Å². The summed E-state index contributed by atoms with van der Waals surface area (Å²) in [4.78, 5) is 8.88. The van der Waals surface area contributed by atoms with E-state index in [-0.39, 0.29) is 32.6 Å². The largest absolute Gasteiger partial charge is 0.507 e. The molecule has 0 heterocycles. The predicted molar refractivity (Wildman–Crippen MR) is 110 cm³/mol. The van der Waals surface area contributed by atoms with Crippen molar-refractivity contribution in [3.05, 3.63) is 71.8 Å². The minimum Gasteiger partial charge on any atom is -0.507 e. The Labute approximate surface area is 183 Å². The molecule has 6 nitrogen and oxygen atoms in total. The summed E-state index contributed by atoms with van der Waals surface area (Å²) < 4.78 is 10.3. The summed E-state index contributed by atoms with van der Waals surface area (Å²) in [6.45, 7) is 0. The molecule has 0 unspecified atom stereocenters. The second-order valence-electron chi connectivity index (χ2n) is 5.85. The number of rotatable bonds is 6. The van der Waals surface area contributed by atoms with Crippen LogP contribution in [0.15, 0.2) is 70.6 Å². The van der Waals surface area contributed by atoms with E-state index in [2.05, 4.69) is 9.98 Å². The topological polar surface area (TPSA) is 83.6 Å². The number of para-hydroxylation sites is 2. The molecular formula is C22H20N2O4Pt. The molecule has 3 aromatic rings. The third kappa shape index (κ3) is 5.69. The molecule has 29 heavy (non-hydrogen) atoms. The fourth-order valence-electron chi connectivity index (χ4n) is 2.49. The molecule has 0 aromatic heterocycles. The van der Waals surface area contributed by atoms with Gasteiger partial charge in [0.25, 0.3) is 0 Å². The quantitative estimate of drug-likeness (QED) is 0.424. The number of phenols is 2. The Kier molecular flexibility index (Phi) is 7.98. The van der Waals surface area contributed by atoms with Crippen molar-refractivity contribution in [1.82, 2.24) is 0 Å². The summed E-state index contributed by atoms with van der Waals surface area (Å²) in [7, 11) is 3.12. The summed E-state index contributed by atoms with van der Waals surface area (Å²) in [6.07, 6.45) is 3.10. The molecule has 2 N–H and O–H groups in total. The Morgan fingerprint density at radius 2 is 1.10 bits per heavy atom. The van der Waals surface area contributed by atoms with Crippen LogP contribution in [0.25, 0.3) is 0 Å². The van der Waals surface area contributed by atoms with E-state index in [1.807, 2.05) is 24.3 Å². The minimum absolute atomic E-state index is 0. The molecule has 0 amide bonds. The van der Waals surface area contributed by atoms with E-state index in [0.29, 0.717) is 34.0 Å². The van der Waals surface area contributed by atoms with E-state index in [4.69, 9.17) is 9.47 Å². The van der Waals surface area contributed by atoms with Crippen molar-refractivity contribution < 1.29 is 40.8 Å². The molecule has 0 spiro atoms. The molecule has 0 aliphatic carbocycles. The average molecular weight is 571 g/mol. The van der Waals surface area contributed by atoms with Gasteiger partial charge < -0.3 is 19.7 Å². The van der Waals surface area contributed by atoms with E-state index >= 15 is 0 Å². The maximum Gasteiger partial charge on any atom is 0.124 e. The van der Waals surface area contributed by atoms with Crippen molar-refractivity contribution in [2.75, 3.05) is 14.2 Å². The zero-order valence-corrected chi connectivity index (χ0v) is 18.1. The SMILES string of the molecule is COc1ccc(O)c(C=Nc2ccccc2N=Cc2cc(OC)ccc2O)c1.[Pt]. The number of nitrogens with zero attached hydrogens (tertiary/aromatic N) is 2. The Morgan fingerprint density at radius 1 is 0.690 bits per heavy atom. The molecule has 0 aliphatic rings. The molecule has 7 heteroatoms. The van der Waals surface area contributed by atoms with E-state index in [9.17, 15) is 10.2 Å². The second kappa shape index (κ2) is 10.4. The molecule has 3 rings (SSSR count). The van der Waals surface area contributed by atoms with Crippen LogP contribution in [0.3, 0.4) is 0 Å². The van der Waals surface area contributed by atoms with Gasteiger partial charge in [-0.1, -0.05) is 12.1 Å². The fraction of sp³-hybridized carbons (Fsp3) is 0.0909. The van der Waals surface area contributed by atoms with Gasteiger partial charge in [-0.2, -0.15) is 0 Å². The van der Waals surface area contributed by atoms with Gasteiger partial charge in [0.05, 0.1) is 25.6 Å². The number of benzene rings is 3. The van der Waals surface area contributed by atoms with Crippen LogP contribution in [0.1, 0.15) is 11.1 Å². The van der Waals surface area contributed by atoms with E-state index in [1.54, 1.807) is 63.0 Å². The summed E-state index contributed by atoms with van der Waals surface area (Å²) in [6, 6.07) is 17.2. The molecule has 152 valence electrons. The van der Waals surface area contributed by atoms with E-state index in [0.717, 1.165) is 0 Å². The molecule has 3 aromatic carbocycles. The molecule has 0 bridgehead atoms. The monoisotopic (exact) mass is 571 g/mol. The van der Waals surface area contributed by atoms with Crippen LogP contribution in [0.5, 0.6) is 23.0 Å². The number of ether oxygens (including phenoxy) is 2. The maximum atomic E-state index is 9.99. The van der Waals surface area contributed by atoms with Crippen molar-refractivity contribution in [2.45, 2.75) is 0 Å². The van der Waals surface area contributed by atoms with Crippen LogP contribution < -0.4 is 9.47 Å². The van der Waals surface area contributed by atoms with Crippen LogP contribution in [0, 0.1) is 0 Å². The zero-order valence-electron chi connectivity index (χ0n) is 15.8. The van der Waals surface area contributed by atoms with Crippen molar-refractivity contribution in [1.29, 1.82) is 0 Å². The first kappa shape index (κ1) is 22.2. The van der Waals surface area contributed by atoms with Gasteiger partial charge in [0.2, 0.25) is 0 Å². The minimum atomic E-state index is 0. The van der Waals surface area contributed by atoms with Gasteiger partial charge in [0.1, 0.15) is 23.0 Å². The first-order valence-electron chi connectivity index (χ1n) is 8.52. The van der Waals surface area contributed by atoms with Crippen LogP contribution in [0.4, 0.5) is 11.4 Å². The number of aromatic hydroxyl groups is 2. The predicted octanol–water partition coefficient (Wildman–Crippen LogP) is 4.61. The third-order valence-corrected chi connectivity index (χ3v) is 4.04. The standard InChI is InChI=1S/C22H20N2O4.Pt/c1-27-17-7-9-21(25)15(11-17)13-23-19-5-3-4-6-20(19)24-14-16-12-18(28-2)8-10-22(16)26;/h3-14,25-26H,1-2H3;. The summed E-state index contributed by atoms with van der Waals surface area (Å²) in [5, 5.41) is 20.0. The van der Waals surface area contributed by atoms with Crippen molar-refractivity contribution in [2.24, 2.45) is 9.98 Å². The number of aliphatic imine (C=N–C) groups is 2. The number of methoxy groups -OCH3 is 2. The van der Waals surface area contributed by atoms with Crippen molar-refractivity contribution in [3.63, 3.8) is 0 Å². The van der Waals surface area contributed by atoms with Gasteiger partial charge in [-0.05, 0) is 48.5 Å². The molecular weight excluding hydrogens is 551 g/mol. The van der Waals surface area contributed by atoms with Gasteiger partial charge in [-0.3, -0.25) is 9.98 Å². The molecule has 0 atom stereocenters. The third-order valence-electron chi connectivity index (χ3n) is 4.04. The first-order valence-corrected chi connectivity index (χ1v) is 8.52. The number of phenolic OH excluding ortho intramolecular Hbond substituents is 2. The fourth-order valence-corrected chi connectivity index (χ4v) is 2.49. The average Bonchev–Trinajstić information content (AvgIpc) is 2.73. The maximum absolute atomic E-state index is 9.99. The molecule has 0 aliphatic heterocycles. The van der Waals surface area contributed by atoms with Gasteiger partial charge in [-0.15, -0.1) is 0 Å². The van der Waals surface area contributed by atoms with Crippen LogP contribution in [-0.2, 0) is 21.1 Å². The normalized spacial score (nSPS) is 10.8. The molecule has 0 radical (unpaired) electrons. The van der Waals surface area contributed by atoms with Crippen LogP contribution >= 0.6 is 0 Å². The Bertz CT molecular complexity index is 953. The van der Waals surface area contributed by atoms with Gasteiger partial charge in [-0.25, -0.2) is 0 Å². The molecule has 0 saturated carbocycles. The zero-order chi connectivity index (χ0) is 19.9.